The Morgan fingerprint density at radius 2 is 0.708 bits per heavy atom. The van der Waals surface area contributed by atoms with Crippen LogP contribution in [0, 0.1) is 0 Å². The summed E-state index contributed by atoms with van der Waals surface area (Å²) in [5.41, 5.74) is 0. The van der Waals surface area contributed by atoms with Crippen molar-refractivity contribution in [2.75, 3.05) is 13.2 Å². The Hall–Kier alpha value is -2.11. The molecule has 0 N–H and O–H groups in total. The molecule has 6 heteroatoms. The number of carbonyl (C=O) groups is 3. The summed E-state index contributed by atoms with van der Waals surface area (Å²) in [5.74, 6) is -0.908. The lowest BCUT2D eigenvalue weighted by Gasteiger charge is -2.18. The van der Waals surface area contributed by atoms with E-state index in [4.69, 9.17) is 14.2 Å². The first-order chi connectivity index (χ1) is 23.5. The van der Waals surface area contributed by atoms with Gasteiger partial charge in [-0.3, -0.25) is 14.4 Å². The van der Waals surface area contributed by atoms with Gasteiger partial charge in [-0.15, -0.1) is 0 Å². The minimum atomic E-state index is -0.769. The third-order valence-corrected chi connectivity index (χ3v) is 8.68. The monoisotopic (exact) mass is 677 g/mol. The SMILES string of the molecule is CCCC/C=C\CCCCCCCC(=O)OC(COC(=O)CCCCCCCC)COC(=O)CCCCCCC/C=C\CCCCCC. The van der Waals surface area contributed by atoms with E-state index >= 15 is 0 Å². The predicted octanol–water partition coefficient (Wildman–Crippen LogP) is 12.5. The van der Waals surface area contributed by atoms with Crippen LogP contribution in [-0.2, 0) is 28.6 Å². The zero-order valence-electron chi connectivity index (χ0n) is 31.8. The molecule has 0 amide bonds. The number of rotatable bonds is 36. The van der Waals surface area contributed by atoms with Gasteiger partial charge in [0.05, 0.1) is 0 Å². The summed E-state index contributed by atoms with van der Waals surface area (Å²) in [6.07, 6.45) is 38.9. The van der Waals surface area contributed by atoms with E-state index in [1.807, 2.05) is 0 Å². The van der Waals surface area contributed by atoms with E-state index in [1.165, 1.54) is 89.9 Å². The molecule has 6 nitrogen and oxygen atoms in total. The van der Waals surface area contributed by atoms with E-state index in [9.17, 15) is 14.4 Å². The highest BCUT2D eigenvalue weighted by molar-refractivity contribution is 5.71. The molecule has 0 radical (unpaired) electrons. The van der Waals surface area contributed by atoms with Crippen LogP contribution in [-0.4, -0.2) is 37.2 Å². The van der Waals surface area contributed by atoms with E-state index in [1.54, 1.807) is 0 Å². The van der Waals surface area contributed by atoms with Gasteiger partial charge in [0.1, 0.15) is 13.2 Å². The molecule has 0 aromatic carbocycles. The summed E-state index contributed by atoms with van der Waals surface area (Å²) in [6.45, 7) is 6.49. The van der Waals surface area contributed by atoms with Gasteiger partial charge in [0.25, 0.3) is 0 Å². The van der Waals surface area contributed by atoms with Crippen molar-refractivity contribution in [2.45, 2.75) is 213 Å². The van der Waals surface area contributed by atoms with Gasteiger partial charge in [0.2, 0.25) is 0 Å². The van der Waals surface area contributed by atoms with Crippen LogP contribution in [0.15, 0.2) is 24.3 Å². The highest BCUT2D eigenvalue weighted by Crippen LogP contribution is 2.13. The molecular formula is C42H76O6. The average molecular weight is 677 g/mol. The Balaban J connectivity index is 4.33. The molecule has 0 aromatic rings. The Kier molecular flexibility index (Phi) is 36.0. The first-order valence-corrected chi connectivity index (χ1v) is 20.3. The number of allylic oxidation sites excluding steroid dienone is 4. The topological polar surface area (TPSA) is 78.9 Å². The van der Waals surface area contributed by atoms with E-state index < -0.39 is 6.10 Å². The van der Waals surface area contributed by atoms with Crippen molar-refractivity contribution in [3.63, 3.8) is 0 Å². The van der Waals surface area contributed by atoms with Gasteiger partial charge >= 0.3 is 17.9 Å². The standard InChI is InChI=1S/C42H76O6/c1-4-7-10-13-16-18-20-21-23-24-26-29-32-35-41(44)47-38-39(37-46-40(43)34-31-28-15-12-9-6-3)48-42(45)36-33-30-27-25-22-19-17-14-11-8-5-2/h14,17-18,20,39H,4-13,15-16,19,21-38H2,1-3H3/b17-14-,20-18-. The fraction of sp³-hybridized carbons (Fsp3) is 0.833. The van der Waals surface area contributed by atoms with Gasteiger partial charge in [-0.25, -0.2) is 0 Å². The number of unbranched alkanes of at least 4 members (excludes halogenated alkanes) is 21. The maximum atomic E-state index is 12.6. The zero-order valence-corrected chi connectivity index (χ0v) is 31.8. The molecule has 1 unspecified atom stereocenters. The van der Waals surface area contributed by atoms with Crippen LogP contribution in [0.5, 0.6) is 0 Å². The van der Waals surface area contributed by atoms with Crippen LogP contribution in [0.3, 0.4) is 0 Å². The molecule has 0 saturated heterocycles. The molecule has 0 spiro atoms. The van der Waals surface area contributed by atoms with Crippen molar-refractivity contribution in [1.82, 2.24) is 0 Å². The highest BCUT2D eigenvalue weighted by atomic mass is 16.6. The predicted molar refractivity (Wildman–Crippen MR) is 201 cm³/mol. The molecule has 1 atom stereocenters. The Labute approximate surface area is 296 Å². The second-order valence-electron chi connectivity index (χ2n) is 13.5. The third kappa shape index (κ3) is 35.2. The number of esters is 3. The molecule has 0 fully saturated rings. The fourth-order valence-corrected chi connectivity index (χ4v) is 5.53. The van der Waals surface area contributed by atoms with Crippen molar-refractivity contribution in [2.24, 2.45) is 0 Å². The highest BCUT2D eigenvalue weighted by Gasteiger charge is 2.19. The molecular weight excluding hydrogens is 600 g/mol. The van der Waals surface area contributed by atoms with E-state index in [2.05, 4.69) is 45.1 Å². The minimum Gasteiger partial charge on any atom is -0.462 e. The van der Waals surface area contributed by atoms with Crippen LogP contribution in [0.1, 0.15) is 207 Å². The van der Waals surface area contributed by atoms with Crippen molar-refractivity contribution in [3.8, 4) is 0 Å². The first-order valence-electron chi connectivity index (χ1n) is 20.3. The first kappa shape index (κ1) is 45.9. The molecule has 280 valence electrons. The normalized spacial score (nSPS) is 12.1. The molecule has 0 aliphatic rings. The van der Waals surface area contributed by atoms with Gasteiger partial charge in [-0.05, 0) is 64.2 Å². The van der Waals surface area contributed by atoms with Crippen LogP contribution >= 0.6 is 0 Å². The van der Waals surface area contributed by atoms with Gasteiger partial charge in [-0.2, -0.15) is 0 Å². The average Bonchev–Trinajstić information content (AvgIpc) is 3.08. The summed E-state index contributed by atoms with van der Waals surface area (Å²) in [6, 6.07) is 0. The molecule has 0 saturated carbocycles. The quantitative estimate of drug-likeness (QED) is 0.0284. The van der Waals surface area contributed by atoms with Crippen LogP contribution in [0.25, 0.3) is 0 Å². The smallest absolute Gasteiger partial charge is 0.306 e. The number of carbonyl (C=O) groups excluding carboxylic acids is 3. The van der Waals surface area contributed by atoms with Crippen molar-refractivity contribution in [1.29, 1.82) is 0 Å². The van der Waals surface area contributed by atoms with Crippen molar-refractivity contribution in [3.05, 3.63) is 24.3 Å². The van der Waals surface area contributed by atoms with Gasteiger partial charge in [0.15, 0.2) is 6.10 Å². The second-order valence-corrected chi connectivity index (χ2v) is 13.5. The van der Waals surface area contributed by atoms with Gasteiger partial charge in [-0.1, -0.05) is 148 Å². The summed E-state index contributed by atoms with van der Waals surface area (Å²) >= 11 is 0. The Morgan fingerprint density at radius 1 is 0.396 bits per heavy atom. The zero-order chi connectivity index (χ0) is 35.2. The lowest BCUT2D eigenvalue weighted by Crippen LogP contribution is -2.30. The van der Waals surface area contributed by atoms with Crippen molar-refractivity contribution < 1.29 is 28.6 Å². The number of ether oxygens (including phenoxy) is 3. The fourth-order valence-electron chi connectivity index (χ4n) is 5.53. The van der Waals surface area contributed by atoms with Crippen LogP contribution in [0.4, 0.5) is 0 Å². The molecule has 0 aromatic heterocycles. The van der Waals surface area contributed by atoms with Gasteiger partial charge < -0.3 is 14.2 Å². The summed E-state index contributed by atoms with van der Waals surface area (Å²) in [4.78, 5) is 37.3. The second kappa shape index (κ2) is 37.7. The van der Waals surface area contributed by atoms with E-state index in [-0.39, 0.29) is 31.1 Å². The van der Waals surface area contributed by atoms with Crippen LogP contribution in [0.2, 0.25) is 0 Å². The third-order valence-electron chi connectivity index (χ3n) is 8.68. The minimum absolute atomic E-state index is 0.0767. The Bertz CT molecular complexity index is 789. The largest absolute Gasteiger partial charge is 0.462 e. The molecule has 0 rings (SSSR count). The Morgan fingerprint density at radius 3 is 1.12 bits per heavy atom. The maximum absolute atomic E-state index is 12.6. The summed E-state index contributed by atoms with van der Waals surface area (Å²) in [7, 11) is 0. The molecule has 0 aliphatic carbocycles. The molecule has 0 aliphatic heterocycles. The van der Waals surface area contributed by atoms with Crippen molar-refractivity contribution >= 4 is 17.9 Å². The number of hydrogen-bond donors (Lipinski definition) is 0. The molecule has 48 heavy (non-hydrogen) atoms. The lowest BCUT2D eigenvalue weighted by molar-refractivity contribution is -0.167. The summed E-state index contributed by atoms with van der Waals surface area (Å²) < 4.78 is 16.5. The maximum Gasteiger partial charge on any atom is 0.306 e. The van der Waals surface area contributed by atoms with Gasteiger partial charge in [0, 0.05) is 19.3 Å². The van der Waals surface area contributed by atoms with E-state index in [0.29, 0.717) is 19.3 Å². The molecule has 0 heterocycles. The molecule has 0 bridgehead atoms. The van der Waals surface area contributed by atoms with E-state index in [0.717, 1.165) is 77.0 Å². The summed E-state index contributed by atoms with van der Waals surface area (Å²) in [5, 5.41) is 0. The van der Waals surface area contributed by atoms with Crippen LogP contribution < -0.4 is 0 Å². The number of hydrogen-bond acceptors (Lipinski definition) is 6. The lowest BCUT2D eigenvalue weighted by atomic mass is 10.1.